The van der Waals surface area contributed by atoms with E-state index in [4.69, 9.17) is 33.7 Å². The van der Waals surface area contributed by atoms with Crippen LogP contribution in [0.3, 0.4) is 0 Å². The molecular formula is C12H16Cl2N2O3S. The summed E-state index contributed by atoms with van der Waals surface area (Å²) in [7, 11) is -3.78. The number of rotatable bonds is 4. The molecule has 1 aliphatic rings. The number of hydrogen-bond acceptors (Lipinski definition) is 4. The quantitative estimate of drug-likeness (QED) is 0.826. The Kier molecular flexibility index (Phi) is 5.14. The van der Waals surface area contributed by atoms with Gasteiger partial charge >= 0.3 is 0 Å². The van der Waals surface area contributed by atoms with Crippen molar-refractivity contribution in [3.8, 4) is 0 Å². The van der Waals surface area contributed by atoms with Gasteiger partial charge in [0.05, 0.1) is 16.8 Å². The van der Waals surface area contributed by atoms with Gasteiger partial charge in [0.25, 0.3) is 0 Å². The highest BCUT2D eigenvalue weighted by Gasteiger charge is 2.24. The van der Waals surface area contributed by atoms with Gasteiger partial charge < -0.3 is 10.5 Å². The van der Waals surface area contributed by atoms with Gasteiger partial charge in [0.1, 0.15) is 4.90 Å². The molecule has 0 spiro atoms. The van der Waals surface area contributed by atoms with E-state index in [0.717, 1.165) is 19.3 Å². The molecule has 0 bridgehead atoms. The zero-order valence-electron chi connectivity index (χ0n) is 10.7. The predicted octanol–water partition coefficient (Wildman–Crippen LogP) is 2.42. The van der Waals surface area contributed by atoms with E-state index in [-0.39, 0.29) is 28.3 Å². The fourth-order valence-electron chi connectivity index (χ4n) is 2.11. The van der Waals surface area contributed by atoms with Crippen LogP contribution in [0, 0.1) is 0 Å². The lowest BCUT2D eigenvalue weighted by Gasteiger charge is -2.23. The van der Waals surface area contributed by atoms with Crippen LogP contribution in [0.2, 0.25) is 10.0 Å². The van der Waals surface area contributed by atoms with Gasteiger partial charge in [-0.1, -0.05) is 23.2 Å². The molecule has 8 heteroatoms. The Bertz CT molecular complexity index is 563. The molecular weight excluding hydrogens is 323 g/mol. The van der Waals surface area contributed by atoms with E-state index in [1.54, 1.807) is 0 Å². The Balaban J connectivity index is 2.14. The van der Waals surface area contributed by atoms with Crippen molar-refractivity contribution in [2.75, 3.05) is 18.9 Å². The minimum absolute atomic E-state index is 0.00654. The van der Waals surface area contributed by atoms with Crippen LogP contribution in [-0.4, -0.2) is 27.7 Å². The van der Waals surface area contributed by atoms with Crippen LogP contribution in [0.5, 0.6) is 0 Å². The topological polar surface area (TPSA) is 81.4 Å². The van der Waals surface area contributed by atoms with Crippen molar-refractivity contribution < 1.29 is 13.2 Å². The summed E-state index contributed by atoms with van der Waals surface area (Å²) in [5.74, 6) is 0. The number of sulfonamides is 1. The second-order valence-corrected chi connectivity index (χ2v) is 7.19. The van der Waals surface area contributed by atoms with E-state index in [0.29, 0.717) is 11.6 Å². The Morgan fingerprint density at radius 1 is 1.35 bits per heavy atom. The maximum Gasteiger partial charge on any atom is 0.244 e. The lowest BCUT2D eigenvalue weighted by atomic mass is 10.1. The first-order valence-corrected chi connectivity index (χ1v) is 8.50. The van der Waals surface area contributed by atoms with Gasteiger partial charge in [-0.25, -0.2) is 13.1 Å². The summed E-state index contributed by atoms with van der Waals surface area (Å²) < 4.78 is 32.5. The highest BCUT2D eigenvalue weighted by atomic mass is 35.5. The highest BCUT2D eigenvalue weighted by molar-refractivity contribution is 7.89. The molecule has 0 amide bonds. The van der Waals surface area contributed by atoms with Crippen LogP contribution < -0.4 is 10.5 Å². The minimum atomic E-state index is -3.78. The fourth-order valence-corrected chi connectivity index (χ4v) is 4.16. The van der Waals surface area contributed by atoms with Crippen LogP contribution in [0.1, 0.15) is 19.3 Å². The summed E-state index contributed by atoms with van der Waals surface area (Å²) in [5, 5.41) is 0.300. The van der Waals surface area contributed by atoms with Gasteiger partial charge in [-0.2, -0.15) is 0 Å². The van der Waals surface area contributed by atoms with Crippen molar-refractivity contribution in [2.24, 2.45) is 0 Å². The average molecular weight is 339 g/mol. The second kappa shape index (κ2) is 6.49. The third-order valence-electron chi connectivity index (χ3n) is 3.08. The van der Waals surface area contributed by atoms with E-state index >= 15 is 0 Å². The van der Waals surface area contributed by atoms with E-state index in [9.17, 15) is 8.42 Å². The van der Waals surface area contributed by atoms with E-state index in [1.807, 2.05) is 0 Å². The summed E-state index contributed by atoms with van der Waals surface area (Å²) in [6.45, 7) is 0.872. The number of nitrogen functional groups attached to an aromatic ring is 1. The molecule has 0 aliphatic carbocycles. The molecule has 3 N–H and O–H groups in total. The van der Waals surface area contributed by atoms with E-state index in [2.05, 4.69) is 4.72 Å². The van der Waals surface area contributed by atoms with Crippen molar-refractivity contribution in [1.29, 1.82) is 0 Å². The lowest BCUT2D eigenvalue weighted by molar-refractivity contribution is 0.0200. The molecule has 2 rings (SSSR count). The van der Waals surface area contributed by atoms with Crippen LogP contribution >= 0.6 is 23.2 Å². The fraction of sp³-hybridized carbons (Fsp3) is 0.500. The first-order valence-electron chi connectivity index (χ1n) is 6.26. The molecule has 112 valence electrons. The molecule has 1 aromatic rings. The summed E-state index contributed by atoms with van der Waals surface area (Å²) in [6, 6.07) is 2.71. The summed E-state index contributed by atoms with van der Waals surface area (Å²) >= 11 is 11.7. The number of nitrogens with two attached hydrogens (primary N) is 1. The molecule has 5 nitrogen and oxygen atoms in total. The van der Waals surface area contributed by atoms with E-state index in [1.165, 1.54) is 12.1 Å². The molecule has 0 aromatic heterocycles. The average Bonchev–Trinajstić information content (AvgIpc) is 2.36. The van der Waals surface area contributed by atoms with Crippen molar-refractivity contribution in [2.45, 2.75) is 30.3 Å². The normalized spacial score (nSPS) is 20.0. The standard InChI is InChI=1S/C12H16Cl2N2O3S/c13-8-5-10(14)12(11(15)6-8)20(17,18)16-7-9-3-1-2-4-19-9/h5-6,9,16H,1-4,7,15H2. The molecule has 0 saturated carbocycles. The molecule has 1 fully saturated rings. The molecule has 1 unspecified atom stereocenters. The summed E-state index contributed by atoms with van der Waals surface area (Å²) in [5.41, 5.74) is 5.73. The first kappa shape index (κ1) is 15.9. The zero-order chi connectivity index (χ0) is 14.8. The maximum atomic E-state index is 12.3. The van der Waals surface area contributed by atoms with Crippen molar-refractivity contribution in [3.63, 3.8) is 0 Å². The van der Waals surface area contributed by atoms with E-state index < -0.39 is 10.0 Å². The Morgan fingerprint density at radius 3 is 2.70 bits per heavy atom. The van der Waals surface area contributed by atoms with Crippen molar-refractivity contribution in [3.05, 3.63) is 22.2 Å². The third kappa shape index (κ3) is 3.77. The van der Waals surface area contributed by atoms with Gasteiger partial charge in [0, 0.05) is 18.2 Å². The largest absolute Gasteiger partial charge is 0.398 e. The van der Waals surface area contributed by atoms with Crippen LogP contribution in [-0.2, 0) is 14.8 Å². The zero-order valence-corrected chi connectivity index (χ0v) is 13.1. The number of hydrogen-bond donors (Lipinski definition) is 2. The number of benzene rings is 1. The molecule has 1 heterocycles. The molecule has 1 atom stereocenters. The molecule has 1 aliphatic heterocycles. The lowest BCUT2D eigenvalue weighted by Crippen LogP contribution is -2.35. The number of nitrogens with one attached hydrogen (secondary N) is 1. The Morgan fingerprint density at radius 2 is 2.10 bits per heavy atom. The third-order valence-corrected chi connectivity index (χ3v) is 5.25. The molecule has 0 radical (unpaired) electrons. The predicted molar refractivity (Wildman–Crippen MR) is 79.7 cm³/mol. The first-order chi connectivity index (χ1) is 9.40. The number of anilines is 1. The molecule has 20 heavy (non-hydrogen) atoms. The monoisotopic (exact) mass is 338 g/mol. The minimum Gasteiger partial charge on any atom is -0.398 e. The van der Waals surface area contributed by atoms with Gasteiger partial charge in [-0.15, -0.1) is 0 Å². The molecule has 1 saturated heterocycles. The SMILES string of the molecule is Nc1cc(Cl)cc(Cl)c1S(=O)(=O)NCC1CCCCO1. The van der Waals surface area contributed by atoms with Crippen LogP contribution in [0.4, 0.5) is 5.69 Å². The maximum absolute atomic E-state index is 12.3. The van der Waals surface area contributed by atoms with Gasteiger partial charge in [0.15, 0.2) is 0 Å². The Hall–Kier alpha value is -0.530. The highest BCUT2D eigenvalue weighted by Crippen LogP contribution is 2.31. The number of halogens is 2. The summed E-state index contributed by atoms with van der Waals surface area (Å²) in [6.07, 6.45) is 2.78. The smallest absolute Gasteiger partial charge is 0.244 e. The summed E-state index contributed by atoms with van der Waals surface area (Å²) in [4.78, 5) is -0.139. The Labute approximate surface area is 128 Å². The van der Waals surface area contributed by atoms with Gasteiger partial charge in [-0.3, -0.25) is 0 Å². The van der Waals surface area contributed by atoms with Crippen molar-refractivity contribution >= 4 is 38.9 Å². The second-order valence-electron chi connectivity index (χ2n) is 4.65. The van der Waals surface area contributed by atoms with Gasteiger partial charge in [0.2, 0.25) is 10.0 Å². The number of ether oxygens (including phenoxy) is 1. The van der Waals surface area contributed by atoms with Gasteiger partial charge in [-0.05, 0) is 31.4 Å². The van der Waals surface area contributed by atoms with Crippen LogP contribution in [0.25, 0.3) is 0 Å². The van der Waals surface area contributed by atoms with Crippen LogP contribution in [0.15, 0.2) is 17.0 Å². The van der Waals surface area contributed by atoms with Crippen molar-refractivity contribution in [1.82, 2.24) is 4.72 Å². The molecule has 1 aromatic carbocycles.